The molecular formula is C22H26N4O2S. The number of nitrogens with one attached hydrogen (secondary N) is 1. The summed E-state index contributed by atoms with van der Waals surface area (Å²) in [6.45, 7) is 2.81. The predicted octanol–water partition coefficient (Wildman–Crippen LogP) is 3.88. The first kappa shape index (κ1) is 20.9. The fourth-order valence-corrected chi connectivity index (χ4v) is 3.66. The van der Waals surface area contributed by atoms with Crippen LogP contribution in [0.1, 0.15) is 31.2 Å². The summed E-state index contributed by atoms with van der Waals surface area (Å²) < 4.78 is 7.28. The van der Waals surface area contributed by atoms with Gasteiger partial charge in [-0.05, 0) is 36.2 Å². The van der Waals surface area contributed by atoms with Crippen LogP contribution in [0.5, 0.6) is 5.75 Å². The third kappa shape index (κ3) is 5.84. The van der Waals surface area contributed by atoms with Crippen LogP contribution in [0.25, 0.3) is 5.69 Å². The Morgan fingerprint density at radius 3 is 2.55 bits per heavy atom. The number of aromatic nitrogens is 3. The van der Waals surface area contributed by atoms with E-state index in [4.69, 9.17) is 4.74 Å². The van der Waals surface area contributed by atoms with E-state index >= 15 is 0 Å². The van der Waals surface area contributed by atoms with Crippen molar-refractivity contribution in [1.29, 1.82) is 0 Å². The number of rotatable bonds is 10. The number of methoxy groups -OCH3 is 1. The lowest BCUT2D eigenvalue weighted by Gasteiger charge is -2.11. The fourth-order valence-electron chi connectivity index (χ4n) is 2.86. The van der Waals surface area contributed by atoms with Crippen LogP contribution in [-0.2, 0) is 11.2 Å². The molecule has 3 aromatic rings. The second-order valence-electron chi connectivity index (χ2n) is 6.59. The van der Waals surface area contributed by atoms with E-state index in [-0.39, 0.29) is 5.91 Å². The molecule has 6 nitrogen and oxygen atoms in total. The summed E-state index contributed by atoms with van der Waals surface area (Å²) >= 11 is 1.40. The molecule has 7 heteroatoms. The van der Waals surface area contributed by atoms with Gasteiger partial charge < -0.3 is 10.1 Å². The lowest BCUT2D eigenvalue weighted by atomic mass is 10.1. The fraction of sp³-hybridized carbons (Fsp3) is 0.318. The van der Waals surface area contributed by atoms with Crippen LogP contribution in [0.4, 0.5) is 0 Å². The van der Waals surface area contributed by atoms with Crippen molar-refractivity contribution in [3.8, 4) is 11.4 Å². The third-order valence-electron chi connectivity index (χ3n) is 4.42. The highest BCUT2D eigenvalue weighted by Gasteiger charge is 2.16. The van der Waals surface area contributed by atoms with E-state index in [1.165, 1.54) is 11.8 Å². The van der Waals surface area contributed by atoms with E-state index in [1.807, 2.05) is 47.0 Å². The molecule has 1 aromatic heterocycles. The summed E-state index contributed by atoms with van der Waals surface area (Å²) in [7, 11) is 1.65. The smallest absolute Gasteiger partial charge is 0.230 e. The van der Waals surface area contributed by atoms with Gasteiger partial charge in [0.1, 0.15) is 11.6 Å². The second kappa shape index (κ2) is 10.7. The Labute approximate surface area is 175 Å². The first-order valence-electron chi connectivity index (χ1n) is 9.73. The second-order valence-corrected chi connectivity index (χ2v) is 7.53. The molecule has 1 amide bonds. The molecule has 152 valence electrons. The summed E-state index contributed by atoms with van der Waals surface area (Å²) in [5.74, 6) is 1.94. The molecule has 29 heavy (non-hydrogen) atoms. The zero-order chi connectivity index (χ0) is 20.5. The number of amides is 1. The first-order chi connectivity index (χ1) is 14.2. The molecule has 3 rings (SSSR count). The van der Waals surface area contributed by atoms with Crippen LogP contribution in [0, 0.1) is 0 Å². The van der Waals surface area contributed by atoms with Crippen LogP contribution in [0.2, 0.25) is 0 Å². The van der Waals surface area contributed by atoms with Crippen LogP contribution in [0.15, 0.2) is 59.8 Å². The van der Waals surface area contributed by atoms with Gasteiger partial charge in [0.05, 0.1) is 12.9 Å². The van der Waals surface area contributed by atoms with Gasteiger partial charge in [0.15, 0.2) is 5.16 Å². The van der Waals surface area contributed by atoms with Gasteiger partial charge in [0.25, 0.3) is 0 Å². The number of thioether (sulfide) groups is 1. The highest BCUT2D eigenvalue weighted by molar-refractivity contribution is 7.99. The summed E-state index contributed by atoms with van der Waals surface area (Å²) in [5.41, 5.74) is 2.10. The summed E-state index contributed by atoms with van der Waals surface area (Å²) in [6, 6.07) is 17.9. The molecule has 0 atom stereocenters. The number of benzene rings is 2. The maximum atomic E-state index is 12.1. The van der Waals surface area contributed by atoms with Gasteiger partial charge in [-0.1, -0.05) is 55.4 Å². The van der Waals surface area contributed by atoms with E-state index in [9.17, 15) is 4.79 Å². The number of carbonyl (C=O) groups excluding carboxylic acids is 1. The van der Waals surface area contributed by atoms with Crippen molar-refractivity contribution in [3.05, 3.63) is 66.0 Å². The highest BCUT2D eigenvalue weighted by Crippen LogP contribution is 2.25. The zero-order valence-corrected chi connectivity index (χ0v) is 17.6. The molecule has 1 N–H and O–H groups in total. The van der Waals surface area contributed by atoms with Crippen molar-refractivity contribution < 1.29 is 9.53 Å². The Bertz CT molecular complexity index is 910. The molecule has 0 aliphatic rings. The van der Waals surface area contributed by atoms with Gasteiger partial charge in [-0.15, -0.1) is 10.2 Å². The van der Waals surface area contributed by atoms with Crippen LogP contribution < -0.4 is 10.1 Å². The van der Waals surface area contributed by atoms with E-state index in [2.05, 4.69) is 34.6 Å². The molecule has 0 spiro atoms. The van der Waals surface area contributed by atoms with E-state index < -0.39 is 0 Å². The average molecular weight is 411 g/mol. The number of ether oxygens (including phenoxy) is 1. The van der Waals surface area contributed by atoms with Crippen molar-refractivity contribution in [2.24, 2.45) is 0 Å². The first-order valence-corrected chi connectivity index (χ1v) is 10.7. The normalized spacial score (nSPS) is 10.7. The van der Waals surface area contributed by atoms with Crippen molar-refractivity contribution in [2.75, 3.05) is 19.4 Å². The Balaban J connectivity index is 1.82. The molecule has 0 fully saturated rings. The molecule has 0 aliphatic heterocycles. The Morgan fingerprint density at radius 2 is 1.86 bits per heavy atom. The number of hydrogen-bond donors (Lipinski definition) is 1. The topological polar surface area (TPSA) is 69.0 Å². The van der Waals surface area contributed by atoms with Crippen molar-refractivity contribution in [2.45, 2.75) is 31.3 Å². The number of carbonyl (C=O) groups is 1. The molecule has 0 radical (unpaired) electrons. The van der Waals surface area contributed by atoms with Crippen molar-refractivity contribution >= 4 is 17.7 Å². The summed E-state index contributed by atoms with van der Waals surface area (Å²) in [6.07, 6.45) is 2.70. The minimum Gasteiger partial charge on any atom is -0.497 e. The Kier molecular flexibility index (Phi) is 7.69. The Hall–Kier alpha value is -2.80. The standard InChI is InChI=1S/C22H26N4O2S/c1-3-4-14-23-21(27)16-29-22-25-24-20(15-17-8-6-5-7-9-17)26(22)18-10-12-19(28-2)13-11-18/h5-13H,3-4,14-16H2,1-2H3,(H,23,27). The Morgan fingerprint density at radius 1 is 1.10 bits per heavy atom. The van der Waals surface area contributed by atoms with E-state index in [1.54, 1.807) is 7.11 Å². The minimum atomic E-state index is 0.0114. The monoisotopic (exact) mass is 410 g/mol. The molecule has 0 unspecified atom stereocenters. The van der Waals surface area contributed by atoms with Gasteiger partial charge in [-0.3, -0.25) is 9.36 Å². The number of unbranched alkanes of at least 4 members (excludes halogenated alkanes) is 1. The number of nitrogens with zero attached hydrogens (tertiary/aromatic N) is 3. The number of hydrogen-bond acceptors (Lipinski definition) is 5. The largest absolute Gasteiger partial charge is 0.497 e. The van der Waals surface area contributed by atoms with Gasteiger partial charge in [0.2, 0.25) is 5.91 Å². The average Bonchev–Trinajstić information content (AvgIpc) is 3.15. The van der Waals surface area contributed by atoms with Crippen LogP contribution >= 0.6 is 11.8 Å². The van der Waals surface area contributed by atoms with E-state index in [0.717, 1.165) is 35.7 Å². The highest BCUT2D eigenvalue weighted by atomic mass is 32.2. The quantitative estimate of drug-likeness (QED) is 0.406. The molecule has 0 saturated heterocycles. The van der Waals surface area contributed by atoms with Gasteiger partial charge in [-0.2, -0.15) is 0 Å². The van der Waals surface area contributed by atoms with Gasteiger partial charge in [0, 0.05) is 18.7 Å². The molecule has 0 bridgehead atoms. The van der Waals surface area contributed by atoms with Crippen LogP contribution in [-0.4, -0.2) is 40.1 Å². The lowest BCUT2D eigenvalue weighted by molar-refractivity contribution is -0.118. The zero-order valence-electron chi connectivity index (χ0n) is 16.8. The third-order valence-corrected chi connectivity index (χ3v) is 5.35. The van der Waals surface area contributed by atoms with Crippen LogP contribution in [0.3, 0.4) is 0 Å². The minimum absolute atomic E-state index is 0.0114. The molecule has 0 aliphatic carbocycles. The maximum absolute atomic E-state index is 12.1. The SMILES string of the molecule is CCCCNC(=O)CSc1nnc(Cc2ccccc2)n1-c1ccc(OC)cc1. The van der Waals surface area contributed by atoms with Gasteiger partial charge in [-0.25, -0.2) is 0 Å². The van der Waals surface area contributed by atoms with Crippen molar-refractivity contribution in [1.82, 2.24) is 20.1 Å². The summed E-state index contributed by atoms with van der Waals surface area (Å²) in [5, 5.41) is 12.4. The van der Waals surface area contributed by atoms with E-state index in [0.29, 0.717) is 23.9 Å². The summed E-state index contributed by atoms with van der Waals surface area (Å²) in [4.78, 5) is 12.1. The van der Waals surface area contributed by atoms with Gasteiger partial charge >= 0.3 is 0 Å². The maximum Gasteiger partial charge on any atom is 0.230 e. The lowest BCUT2D eigenvalue weighted by Crippen LogP contribution is -2.26. The molecule has 1 heterocycles. The molecule has 2 aromatic carbocycles. The predicted molar refractivity (Wildman–Crippen MR) is 116 cm³/mol. The molecular weight excluding hydrogens is 384 g/mol. The molecule has 0 saturated carbocycles. The van der Waals surface area contributed by atoms with Crippen molar-refractivity contribution in [3.63, 3.8) is 0 Å².